The molecule has 1 aromatic carbocycles. The lowest BCUT2D eigenvalue weighted by Gasteiger charge is -2.27. The fraction of sp³-hybridized carbons (Fsp3) is 0.696. The smallest absolute Gasteiger partial charge is 0.194 e. The van der Waals surface area contributed by atoms with Crippen molar-refractivity contribution in [3.63, 3.8) is 0 Å². The highest BCUT2D eigenvalue weighted by Crippen LogP contribution is 2.45. The van der Waals surface area contributed by atoms with E-state index >= 15 is 0 Å². The highest BCUT2D eigenvalue weighted by atomic mass is 16.5. The van der Waals surface area contributed by atoms with Crippen LogP contribution in [0.4, 0.5) is 0 Å². The predicted molar refractivity (Wildman–Crippen MR) is 114 cm³/mol. The van der Waals surface area contributed by atoms with Gasteiger partial charge in [-0.25, -0.2) is 4.99 Å². The summed E-state index contributed by atoms with van der Waals surface area (Å²) in [6, 6.07) is 8.80. The van der Waals surface area contributed by atoms with Crippen LogP contribution in [0.1, 0.15) is 50.2 Å². The van der Waals surface area contributed by atoms with Gasteiger partial charge >= 0.3 is 0 Å². The Hall–Kier alpha value is -1.59. The minimum atomic E-state index is 0.574. The van der Waals surface area contributed by atoms with Gasteiger partial charge < -0.3 is 15.0 Å². The number of morpholine rings is 1. The zero-order chi connectivity index (χ0) is 19.2. The number of benzene rings is 1. The van der Waals surface area contributed by atoms with Gasteiger partial charge in [-0.3, -0.25) is 4.90 Å². The lowest BCUT2D eigenvalue weighted by molar-refractivity contribution is 0.0341. The first kappa shape index (κ1) is 19.7. The molecule has 28 heavy (non-hydrogen) atoms. The maximum absolute atomic E-state index is 5.49. The minimum Gasteiger partial charge on any atom is -0.379 e. The highest BCUT2D eigenvalue weighted by Gasteiger charge is 2.41. The lowest BCUT2D eigenvalue weighted by Crippen LogP contribution is -2.41. The van der Waals surface area contributed by atoms with E-state index in [9.17, 15) is 0 Å². The van der Waals surface area contributed by atoms with Crippen LogP contribution in [-0.4, -0.2) is 61.7 Å². The second kappa shape index (κ2) is 9.27. The van der Waals surface area contributed by atoms with Gasteiger partial charge in [0.1, 0.15) is 0 Å². The second-order valence-electron chi connectivity index (χ2n) is 8.71. The Labute approximate surface area is 170 Å². The standard InChI is InChI=1S/C23H36N4O/c1-2-24-22(27-12-11-23(19-27)9-5-6-10-23)25-17-20-7-3-4-8-21(20)18-26-13-15-28-16-14-26/h3-4,7-8H,2,5-6,9-19H2,1H3,(H,24,25). The van der Waals surface area contributed by atoms with Crippen molar-refractivity contribution in [1.82, 2.24) is 15.1 Å². The van der Waals surface area contributed by atoms with Gasteiger partial charge in [0.25, 0.3) is 0 Å². The SMILES string of the molecule is CCNC(=NCc1ccccc1CN1CCOCC1)N1CCC2(CCCC2)C1. The Bertz CT molecular complexity index is 662. The fourth-order valence-corrected chi connectivity index (χ4v) is 5.10. The molecule has 3 aliphatic rings. The summed E-state index contributed by atoms with van der Waals surface area (Å²) in [6.45, 7) is 10.9. The number of hydrogen-bond acceptors (Lipinski definition) is 3. The Morgan fingerprint density at radius 2 is 1.82 bits per heavy atom. The highest BCUT2D eigenvalue weighted by molar-refractivity contribution is 5.80. The molecule has 1 spiro atoms. The molecule has 1 saturated carbocycles. The van der Waals surface area contributed by atoms with Gasteiger partial charge in [-0.15, -0.1) is 0 Å². The van der Waals surface area contributed by atoms with Crippen LogP contribution in [-0.2, 0) is 17.8 Å². The minimum absolute atomic E-state index is 0.574. The molecule has 0 amide bonds. The van der Waals surface area contributed by atoms with E-state index in [1.807, 2.05) is 0 Å². The van der Waals surface area contributed by atoms with Crippen molar-refractivity contribution in [3.05, 3.63) is 35.4 Å². The first-order valence-corrected chi connectivity index (χ1v) is 11.2. The largest absolute Gasteiger partial charge is 0.379 e. The second-order valence-corrected chi connectivity index (χ2v) is 8.71. The maximum Gasteiger partial charge on any atom is 0.194 e. The molecule has 5 nitrogen and oxygen atoms in total. The molecule has 1 N–H and O–H groups in total. The third-order valence-electron chi connectivity index (χ3n) is 6.75. The number of aliphatic imine (C=N–C) groups is 1. The first-order valence-electron chi connectivity index (χ1n) is 11.2. The molecule has 5 heteroatoms. The normalized spacial score (nSPS) is 22.9. The quantitative estimate of drug-likeness (QED) is 0.625. The van der Waals surface area contributed by atoms with Crippen molar-refractivity contribution >= 4 is 5.96 Å². The zero-order valence-corrected chi connectivity index (χ0v) is 17.5. The molecule has 4 rings (SSSR count). The number of hydrogen-bond donors (Lipinski definition) is 1. The van der Waals surface area contributed by atoms with Crippen molar-refractivity contribution in [2.75, 3.05) is 45.9 Å². The topological polar surface area (TPSA) is 40.1 Å². The Kier molecular flexibility index (Phi) is 6.53. The monoisotopic (exact) mass is 384 g/mol. The summed E-state index contributed by atoms with van der Waals surface area (Å²) in [5.41, 5.74) is 3.32. The van der Waals surface area contributed by atoms with Crippen molar-refractivity contribution in [2.45, 2.75) is 52.1 Å². The zero-order valence-electron chi connectivity index (χ0n) is 17.5. The molecule has 154 valence electrons. The summed E-state index contributed by atoms with van der Waals surface area (Å²) < 4.78 is 5.49. The average molecular weight is 385 g/mol. The molecule has 0 unspecified atom stereocenters. The van der Waals surface area contributed by atoms with Crippen LogP contribution in [0.5, 0.6) is 0 Å². The van der Waals surface area contributed by atoms with Crippen molar-refractivity contribution < 1.29 is 4.74 Å². The van der Waals surface area contributed by atoms with Crippen LogP contribution in [0.3, 0.4) is 0 Å². The Balaban J connectivity index is 1.43. The molecule has 3 fully saturated rings. The number of ether oxygens (including phenoxy) is 1. The molecule has 0 atom stereocenters. The molecule has 0 radical (unpaired) electrons. The van der Waals surface area contributed by atoms with Crippen molar-refractivity contribution in [2.24, 2.45) is 10.4 Å². The molecule has 2 saturated heterocycles. The Morgan fingerprint density at radius 1 is 1.07 bits per heavy atom. The summed E-state index contributed by atoms with van der Waals surface area (Å²) in [4.78, 5) is 10.1. The molecule has 2 heterocycles. The number of likely N-dealkylation sites (tertiary alicyclic amines) is 1. The molecule has 1 aromatic rings. The van der Waals surface area contributed by atoms with Crippen LogP contribution in [0, 0.1) is 5.41 Å². The van der Waals surface area contributed by atoms with Gasteiger partial charge in [0.2, 0.25) is 0 Å². The van der Waals surface area contributed by atoms with Crippen LogP contribution in [0.25, 0.3) is 0 Å². The van der Waals surface area contributed by atoms with Crippen LogP contribution < -0.4 is 5.32 Å². The number of guanidine groups is 1. The summed E-state index contributed by atoms with van der Waals surface area (Å²) in [5, 5.41) is 3.55. The number of rotatable bonds is 5. The van der Waals surface area contributed by atoms with E-state index in [4.69, 9.17) is 9.73 Å². The molecule has 0 aromatic heterocycles. The summed E-state index contributed by atoms with van der Waals surface area (Å²) in [7, 11) is 0. The van der Waals surface area contributed by atoms with Gasteiger partial charge in [-0.2, -0.15) is 0 Å². The van der Waals surface area contributed by atoms with E-state index in [0.29, 0.717) is 5.41 Å². The molecular formula is C23H36N4O. The number of nitrogens with zero attached hydrogens (tertiary/aromatic N) is 3. The third kappa shape index (κ3) is 4.69. The summed E-state index contributed by atoms with van der Waals surface area (Å²) in [5.74, 6) is 1.10. The fourth-order valence-electron chi connectivity index (χ4n) is 5.10. The van der Waals surface area contributed by atoms with E-state index in [2.05, 4.69) is 46.3 Å². The van der Waals surface area contributed by atoms with E-state index in [0.717, 1.165) is 58.4 Å². The van der Waals surface area contributed by atoms with Crippen LogP contribution in [0.15, 0.2) is 29.3 Å². The molecule has 0 bridgehead atoms. The van der Waals surface area contributed by atoms with E-state index < -0.39 is 0 Å². The molecular weight excluding hydrogens is 348 g/mol. The van der Waals surface area contributed by atoms with Gasteiger partial charge in [0.05, 0.1) is 19.8 Å². The number of nitrogens with one attached hydrogen (secondary N) is 1. The Morgan fingerprint density at radius 3 is 2.57 bits per heavy atom. The summed E-state index contributed by atoms with van der Waals surface area (Å²) in [6.07, 6.45) is 6.98. The third-order valence-corrected chi connectivity index (χ3v) is 6.75. The van der Waals surface area contributed by atoms with Crippen molar-refractivity contribution in [3.8, 4) is 0 Å². The van der Waals surface area contributed by atoms with E-state index in [-0.39, 0.29) is 0 Å². The maximum atomic E-state index is 5.49. The van der Waals surface area contributed by atoms with Gasteiger partial charge in [0, 0.05) is 39.3 Å². The van der Waals surface area contributed by atoms with Crippen molar-refractivity contribution in [1.29, 1.82) is 0 Å². The van der Waals surface area contributed by atoms with Crippen LogP contribution in [0.2, 0.25) is 0 Å². The van der Waals surface area contributed by atoms with Gasteiger partial charge in [0.15, 0.2) is 5.96 Å². The predicted octanol–water partition coefficient (Wildman–Crippen LogP) is 3.25. The average Bonchev–Trinajstić information content (AvgIpc) is 3.37. The molecule has 1 aliphatic carbocycles. The summed E-state index contributed by atoms with van der Waals surface area (Å²) >= 11 is 0. The lowest BCUT2D eigenvalue weighted by atomic mass is 9.86. The van der Waals surface area contributed by atoms with Gasteiger partial charge in [-0.1, -0.05) is 37.1 Å². The van der Waals surface area contributed by atoms with E-state index in [1.165, 1.54) is 49.8 Å². The first-order chi connectivity index (χ1) is 13.8. The van der Waals surface area contributed by atoms with E-state index in [1.54, 1.807) is 0 Å². The van der Waals surface area contributed by atoms with Gasteiger partial charge in [-0.05, 0) is 42.7 Å². The van der Waals surface area contributed by atoms with Crippen LogP contribution >= 0.6 is 0 Å². The molecule has 2 aliphatic heterocycles.